The van der Waals surface area contributed by atoms with Gasteiger partial charge in [0, 0.05) is 19.1 Å². The van der Waals surface area contributed by atoms with E-state index in [1.165, 1.54) is 0 Å². The Morgan fingerprint density at radius 2 is 1.62 bits per heavy atom. The summed E-state index contributed by atoms with van der Waals surface area (Å²) in [6, 6.07) is 17.8. The van der Waals surface area contributed by atoms with E-state index >= 15 is 0 Å². The molecule has 0 atom stereocenters. The van der Waals surface area contributed by atoms with Crippen LogP contribution in [0.2, 0.25) is 5.02 Å². The fourth-order valence-electron chi connectivity index (χ4n) is 2.52. The van der Waals surface area contributed by atoms with Crippen molar-refractivity contribution < 1.29 is 8.42 Å². The van der Waals surface area contributed by atoms with E-state index in [4.69, 9.17) is 11.6 Å². The Hall–Kier alpha value is -2.24. The summed E-state index contributed by atoms with van der Waals surface area (Å²) in [7, 11) is -0.0243. The third kappa shape index (κ3) is 3.32. The highest BCUT2D eigenvalue weighted by atomic mass is 35.5. The van der Waals surface area contributed by atoms with Crippen LogP contribution >= 0.6 is 11.6 Å². The van der Waals surface area contributed by atoms with Crippen molar-refractivity contribution >= 4 is 43.8 Å². The summed E-state index contributed by atoms with van der Waals surface area (Å²) in [5, 5.41) is 2.34. The number of nitrogens with zero attached hydrogens (tertiary/aromatic N) is 1. The Bertz CT molecular complexity index is 1000. The van der Waals surface area contributed by atoms with E-state index in [1.54, 1.807) is 36.4 Å². The third-order valence-electron chi connectivity index (χ3n) is 3.72. The number of halogens is 1. The minimum Gasteiger partial charge on any atom is -0.376 e. The second kappa shape index (κ2) is 6.34. The fraction of sp³-hybridized carbons (Fsp3) is 0.111. The van der Waals surface area contributed by atoms with Gasteiger partial charge in [-0.1, -0.05) is 41.9 Å². The zero-order valence-corrected chi connectivity index (χ0v) is 14.9. The van der Waals surface area contributed by atoms with Gasteiger partial charge in [0.15, 0.2) is 0 Å². The minimum absolute atomic E-state index is 0.214. The van der Waals surface area contributed by atoms with Crippen LogP contribution in [0.15, 0.2) is 65.6 Å². The Labute approximate surface area is 146 Å². The summed E-state index contributed by atoms with van der Waals surface area (Å²) in [6.07, 6.45) is 0. The molecule has 0 aromatic heterocycles. The molecule has 3 aromatic carbocycles. The van der Waals surface area contributed by atoms with Gasteiger partial charge in [0.25, 0.3) is 10.0 Å². The highest BCUT2D eigenvalue weighted by molar-refractivity contribution is 7.92. The Morgan fingerprint density at radius 3 is 2.33 bits per heavy atom. The zero-order valence-electron chi connectivity index (χ0n) is 13.3. The molecule has 6 heteroatoms. The summed E-state index contributed by atoms with van der Waals surface area (Å²) in [6.45, 7) is 0. The fourth-order valence-corrected chi connectivity index (χ4v) is 3.79. The summed E-state index contributed by atoms with van der Waals surface area (Å²) in [4.78, 5) is 2.04. The molecule has 0 fully saturated rings. The van der Waals surface area contributed by atoms with E-state index < -0.39 is 10.0 Å². The molecule has 0 unspecified atom stereocenters. The van der Waals surface area contributed by atoms with Crippen molar-refractivity contribution in [2.75, 3.05) is 23.7 Å². The molecule has 0 aliphatic heterocycles. The molecule has 3 rings (SSSR count). The average Bonchev–Trinajstić information content (AvgIpc) is 2.53. The van der Waals surface area contributed by atoms with Crippen LogP contribution < -0.4 is 9.62 Å². The van der Waals surface area contributed by atoms with Crippen molar-refractivity contribution in [3.63, 3.8) is 0 Å². The summed E-state index contributed by atoms with van der Waals surface area (Å²) >= 11 is 6.02. The molecule has 3 aromatic rings. The molecule has 0 bridgehead atoms. The van der Waals surface area contributed by atoms with Gasteiger partial charge in [-0.2, -0.15) is 0 Å². The van der Waals surface area contributed by atoms with E-state index in [0.29, 0.717) is 10.7 Å². The predicted octanol–water partition coefficient (Wildman–Crippen LogP) is 4.36. The molecule has 124 valence electrons. The maximum atomic E-state index is 12.8. The van der Waals surface area contributed by atoms with Crippen LogP contribution in [0.5, 0.6) is 0 Å². The van der Waals surface area contributed by atoms with Crippen molar-refractivity contribution in [2.24, 2.45) is 0 Å². The standard InChI is InChI=1S/C18H17ClN2O2S/c1-21(2)18-10-8-15(19)12-17(18)20-24(22,23)16-9-7-13-5-3-4-6-14(13)11-16/h3-12,20H,1-2H3. The first kappa shape index (κ1) is 16.6. The zero-order chi connectivity index (χ0) is 17.3. The van der Waals surface area contributed by atoms with E-state index in [9.17, 15) is 8.42 Å². The van der Waals surface area contributed by atoms with Gasteiger partial charge < -0.3 is 4.90 Å². The van der Waals surface area contributed by atoms with Crippen molar-refractivity contribution in [3.05, 3.63) is 65.7 Å². The van der Waals surface area contributed by atoms with Gasteiger partial charge in [0.2, 0.25) is 0 Å². The second-order valence-electron chi connectivity index (χ2n) is 5.67. The Kier molecular flexibility index (Phi) is 4.39. The predicted molar refractivity (Wildman–Crippen MR) is 101 cm³/mol. The quantitative estimate of drug-likeness (QED) is 0.752. The topological polar surface area (TPSA) is 49.4 Å². The summed E-state index contributed by atoms with van der Waals surface area (Å²) < 4.78 is 28.2. The summed E-state index contributed by atoms with van der Waals surface area (Å²) in [5.41, 5.74) is 1.18. The normalized spacial score (nSPS) is 11.5. The highest BCUT2D eigenvalue weighted by Gasteiger charge is 2.17. The van der Waals surface area contributed by atoms with Crippen LogP contribution in [0.3, 0.4) is 0 Å². The molecule has 0 aliphatic carbocycles. The van der Waals surface area contributed by atoms with Crippen LogP contribution in [-0.2, 0) is 10.0 Å². The highest BCUT2D eigenvalue weighted by Crippen LogP contribution is 2.30. The lowest BCUT2D eigenvalue weighted by Gasteiger charge is -2.19. The lowest BCUT2D eigenvalue weighted by atomic mass is 10.1. The van der Waals surface area contributed by atoms with Gasteiger partial charge >= 0.3 is 0 Å². The van der Waals surface area contributed by atoms with Crippen molar-refractivity contribution in [2.45, 2.75) is 4.90 Å². The Balaban J connectivity index is 2.03. The average molecular weight is 361 g/mol. The molecule has 0 saturated heterocycles. The maximum absolute atomic E-state index is 12.8. The lowest BCUT2D eigenvalue weighted by Crippen LogP contribution is -2.17. The number of hydrogen-bond acceptors (Lipinski definition) is 3. The number of sulfonamides is 1. The number of rotatable bonds is 4. The van der Waals surface area contributed by atoms with Gasteiger partial charge in [0.1, 0.15) is 0 Å². The van der Waals surface area contributed by atoms with Gasteiger partial charge in [-0.05, 0) is 41.1 Å². The van der Waals surface area contributed by atoms with E-state index in [0.717, 1.165) is 16.5 Å². The molecular formula is C18H17ClN2O2S. The van der Waals surface area contributed by atoms with Crippen molar-refractivity contribution in [1.29, 1.82) is 0 Å². The maximum Gasteiger partial charge on any atom is 0.261 e. The second-order valence-corrected chi connectivity index (χ2v) is 7.79. The first-order valence-electron chi connectivity index (χ1n) is 7.35. The molecule has 0 heterocycles. The smallest absolute Gasteiger partial charge is 0.261 e. The molecule has 0 radical (unpaired) electrons. The number of benzene rings is 3. The molecule has 0 aliphatic rings. The first-order chi connectivity index (χ1) is 11.4. The lowest BCUT2D eigenvalue weighted by molar-refractivity contribution is 0.601. The molecule has 0 saturated carbocycles. The molecular weight excluding hydrogens is 344 g/mol. The van der Waals surface area contributed by atoms with Crippen LogP contribution in [-0.4, -0.2) is 22.5 Å². The number of nitrogens with one attached hydrogen (secondary N) is 1. The van der Waals surface area contributed by atoms with Gasteiger partial charge in [-0.3, -0.25) is 4.72 Å². The van der Waals surface area contributed by atoms with Gasteiger partial charge in [-0.25, -0.2) is 8.42 Å². The molecule has 24 heavy (non-hydrogen) atoms. The SMILES string of the molecule is CN(C)c1ccc(Cl)cc1NS(=O)(=O)c1ccc2ccccc2c1. The number of hydrogen-bond donors (Lipinski definition) is 1. The van der Waals surface area contributed by atoms with Gasteiger partial charge in [0.05, 0.1) is 16.3 Å². The monoisotopic (exact) mass is 360 g/mol. The molecule has 0 amide bonds. The van der Waals surface area contributed by atoms with Crippen molar-refractivity contribution in [1.82, 2.24) is 0 Å². The molecule has 1 N–H and O–H groups in total. The molecule has 4 nitrogen and oxygen atoms in total. The first-order valence-corrected chi connectivity index (χ1v) is 9.21. The van der Waals surface area contributed by atoms with E-state index in [-0.39, 0.29) is 4.90 Å². The molecule has 0 spiro atoms. The van der Waals surface area contributed by atoms with E-state index in [2.05, 4.69) is 4.72 Å². The summed E-state index contributed by atoms with van der Waals surface area (Å²) in [5.74, 6) is 0. The van der Waals surface area contributed by atoms with Crippen molar-refractivity contribution in [3.8, 4) is 0 Å². The number of fused-ring (bicyclic) bond motifs is 1. The van der Waals surface area contributed by atoms with E-state index in [1.807, 2.05) is 43.3 Å². The van der Waals surface area contributed by atoms with Crippen LogP contribution in [0.4, 0.5) is 11.4 Å². The number of anilines is 2. The van der Waals surface area contributed by atoms with Crippen LogP contribution in [0.1, 0.15) is 0 Å². The van der Waals surface area contributed by atoms with Crippen LogP contribution in [0.25, 0.3) is 10.8 Å². The van der Waals surface area contributed by atoms with Gasteiger partial charge in [-0.15, -0.1) is 0 Å². The minimum atomic E-state index is -3.71. The Morgan fingerprint density at radius 1 is 0.917 bits per heavy atom. The largest absolute Gasteiger partial charge is 0.376 e. The van der Waals surface area contributed by atoms with Crippen LogP contribution in [0, 0.1) is 0 Å². The third-order valence-corrected chi connectivity index (χ3v) is 5.31.